The molecule has 4 aromatic rings. The number of fused-ring (bicyclic) bond motifs is 1. The Bertz CT molecular complexity index is 1420. The van der Waals surface area contributed by atoms with Gasteiger partial charge in [-0.1, -0.05) is 18.2 Å². The maximum Gasteiger partial charge on any atom is 0.426 e. The lowest BCUT2D eigenvalue weighted by Crippen LogP contribution is -2.22. The number of aryl methyl sites for hydroxylation is 1. The van der Waals surface area contributed by atoms with Gasteiger partial charge in [0.05, 0.1) is 10.9 Å². The number of hydrogen-bond acceptors (Lipinski definition) is 2. The Morgan fingerprint density at radius 1 is 0.714 bits per heavy atom. The molecule has 10 heteroatoms. The first-order valence-corrected chi connectivity index (χ1v) is 9.98. The van der Waals surface area contributed by atoms with Crippen molar-refractivity contribution >= 4 is 10.8 Å². The maximum absolute atomic E-state index is 14.6. The molecule has 0 fully saturated rings. The van der Waals surface area contributed by atoms with Crippen molar-refractivity contribution in [3.05, 3.63) is 106 Å². The fraction of sp³-hybridized carbons (Fsp3) is 0.120. The minimum absolute atomic E-state index is 0.0927. The second kappa shape index (κ2) is 9.09. The average molecular weight is 498 g/mol. The fourth-order valence-electron chi connectivity index (χ4n) is 3.32. The number of rotatable bonds is 6. The Balaban J connectivity index is 1.52. The van der Waals surface area contributed by atoms with Crippen LogP contribution < -0.4 is 9.47 Å². The highest BCUT2D eigenvalue weighted by Gasteiger charge is 2.35. The molecular weight excluding hydrogens is 484 g/mol. The smallest absolute Gasteiger partial charge is 0.426 e. The number of benzene rings is 4. The summed E-state index contributed by atoms with van der Waals surface area (Å²) in [5.74, 6) is -10.1. The zero-order chi connectivity index (χ0) is 25.5. The monoisotopic (exact) mass is 498 g/mol. The van der Waals surface area contributed by atoms with Crippen LogP contribution in [0.5, 0.6) is 11.5 Å². The van der Waals surface area contributed by atoms with Gasteiger partial charge in [0, 0.05) is 6.07 Å². The Labute approximate surface area is 193 Å². The van der Waals surface area contributed by atoms with Crippen LogP contribution in [0.2, 0.25) is 0 Å². The van der Waals surface area contributed by atoms with Gasteiger partial charge < -0.3 is 9.47 Å². The van der Waals surface area contributed by atoms with Crippen LogP contribution in [0.4, 0.5) is 35.1 Å². The molecule has 0 heterocycles. The van der Waals surface area contributed by atoms with Gasteiger partial charge in [-0.05, 0) is 53.8 Å². The van der Waals surface area contributed by atoms with E-state index in [0.717, 1.165) is 18.2 Å². The first-order chi connectivity index (χ1) is 16.5. The molecule has 0 spiro atoms. The van der Waals surface area contributed by atoms with Gasteiger partial charge in [0.1, 0.15) is 18.2 Å². The van der Waals surface area contributed by atoms with Crippen LogP contribution in [0.3, 0.4) is 0 Å². The van der Waals surface area contributed by atoms with Crippen molar-refractivity contribution in [3.63, 3.8) is 0 Å². The van der Waals surface area contributed by atoms with E-state index in [9.17, 15) is 35.1 Å². The van der Waals surface area contributed by atoms with Crippen molar-refractivity contribution in [1.82, 2.24) is 0 Å². The summed E-state index contributed by atoms with van der Waals surface area (Å²) in [5, 5.41) is -1.42. The molecule has 182 valence electrons. The van der Waals surface area contributed by atoms with Crippen molar-refractivity contribution in [3.8, 4) is 11.5 Å². The Morgan fingerprint density at radius 3 is 2.09 bits per heavy atom. The summed E-state index contributed by atoms with van der Waals surface area (Å²) in [6.45, 7) is 1.13. The minimum atomic E-state index is -4.00. The third-order valence-electron chi connectivity index (χ3n) is 5.17. The van der Waals surface area contributed by atoms with Gasteiger partial charge in [0.15, 0.2) is 29.0 Å². The van der Waals surface area contributed by atoms with Crippen molar-refractivity contribution in [2.45, 2.75) is 19.6 Å². The quantitative estimate of drug-likeness (QED) is 0.201. The molecule has 0 radical (unpaired) electrons. The van der Waals surface area contributed by atoms with Crippen LogP contribution in [0.1, 0.15) is 16.7 Å². The molecule has 0 saturated carbocycles. The van der Waals surface area contributed by atoms with E-state index >= 15 is 0 Å². The van der Waals surface area contributed by atoms with E-state index in [-0.39, 0.29) is 17.9 Å². The lowest BCUT2D eigenvalue weighted by molar-refractivity contribution is -0.185. The highest BCUT2D eigenvalue weighted by Crippen LogP contribution is 2.35. The molecule has 0 unspecified atom stereocenters. The molecule has 0 aliphatic carbocycles. The summed E-state index contributed by atoms with van der Waals surface area (Å²) >= 11 is 0. The second-order valence-corrected chi connectivity index (χ2v) is 7.60. The Kier molecular flexibility index (Phi) is 6.31. The minimum Gasteiger partial charge on any atom is -0.486 e. The van der Waals surface area contributed by atoms with Crippen molar-refractivity contribution < 1.29 is 44.6 Å². The predicted molar refractivity (Wildman–Crippen MR) is 110 cm³/mol. The van der Waals surface area contributed by atoms with E-state index in [1.165, 1.54) is 31.2 Å². The highest BCUT2D eigenvalue weighted by atomic mass is 19.3. The summed E-state index contributed by atoms with van der Waals surface area (Å²) in [6, 6.07) is 8.58. The zero-order valence-corrected chi connectivity index (χ0v) is 17.7. The standard InChI is InChI=1S/C25H14F8O2/c1-12-2-7-19(23(30)21(12)28)34-11-13-3-5-15(6-4-13)25(32,33)35-16-8-14-9-18(27)22(29)24(31)20(14)17(26)10-16/h2-10H,11H2,1H3. The largest absolute Gasteiger partial charge is 0.486 e. The summed E-state index contributed by atoms with van der Waals surface area (Å²) in [5.41, 5.74) is -0.226. The van der Waals surface area contributed by atoms with E-state index < -0.39 is 63.1 Å². The van der Waals surface area contributed by atoms with Crippen LogP contribution in [0.25, 0.3) is 10.8 Å². The Hall–Kier alpha value is -3.82. The molecule has 0 atom stereocenters. The molecule has 0 amide bonds. The van der Waals surface area contributed by atoms with Gasteiger partial charge in [-0.25, -0.2) is 22.0 Å². The lowest BCUT2D eigenvalue weighted by atomic mass is 10.1. The topological polar surface area (TPSA) is 18.5 Å². The van der Waals surface area contributed by atoms with E-state index in [1.54, 1.807) is 0 Å². The van der Waals surface area contributed by atoms with Gasteiger partial charge in [-0.15, -0.1) is 0 Å². The van der Waals surface area contributed by atoms with E-state index in [1.807, 2.05) is 0 Å². The van der Waals surface area contributed by atoms with Crippen molar-refractivity contribution in [2.75, 3.05) is 0 Å². The number of hydrogen-bond donors (Lipinski definition) is 0. The van der Waals surface area contributed by atoms with E-state index in [0.29, 0.717) is 17.7 Å². The molecule has 4 rings (SSSR count). The number of ether oxygens (including phenoxy) is 2. The summed E-state index contributed by atoms with van der Waals surface area (Å²) in [6.07, 6.45) is -4.00. The van der Waals surface area contributed by atoms with Gasteiger partial charge >= 0.3 is 6.11 Å². The highest BCUT2D eigenvalue weighted by molar-refractivity contribution is 5.85. The third kappa shape index (κ3) is 4.73. The normalized spacial score (nSPS) is 11.7. The molecule has 0 aliphatic rings. The van der Waals surface area contributed by atoms with E-state index in [2.05, 4.69) is 4.74 Å². The summed E-state index contributed by atoms with van der Waals surface area (Å²) in [4.78, 5) is 0. The molecule has 0 bridgehead atoms. The molecule has 4 aromatic carbocycles. The molecular formula is C25H14F8O2. The predicted octanol–water partition coefficient (Wildman–Crippen LogP) is 7.69. The molecule has 0 N–H and O–H groups in total. The van der Waals surface area contributed by atoms with Crippen molar-refractivity contribution in [1.29, 1.82) is 0 Å². The zero-order valence-electron chi connectivity index (χ0n) is 17.7. The fourth-order valence-corrected chi connectivity index (χ4v) is 3.32. The molecule has 2 nitrogen and oxygen atoms in total. The number of halogens is 8. The van der Waals surface area contributed by atoms with E-state index in [4.69, 9.17) is 4.74 Å². The van der Waals surface area contributed by atoms with Gasteiger partial charge in [0.25, 0.3) is 0 Å². The van der Waals surface area contributed by atoms with Gasteiger partial charge in [-0.2, -0.15) is 13.2 Å². The third-order valence-corrected chi connectivity index (χ3v) is 5.17. The summed E-state index contributed by atoms with van der Waals surface area (Å²) < 4.78 is 121. The van der Waals surface area contributed by atoms with Crippen LogP contribution >= 0.6 is 0 Å². The average Bonchev–Trinajstić information content (AvgIpc) is 2.80. The molecule has 0 aromatic heterocycles. The maximum atomic E-state index is 14.6. The second-order valence-electron chi connectivity index (χ2n) is 7.60. The van der Waals surface area contributed by atoms with Crippen LogP contribution in [-0.2, 0) is 12.7 Å². The first kappa shape index (κ1) is 24.3. The van der Waals surface area contributed by atoms with Crippen LogP contribution in [0.15, 0.2) is 54.6 Å². The lowest BCUT2D eigenvalue weighted by Gasteiger charge is -2.19. The molecule has 35 heavy (non-hydrogen) atoms. The van der Waals surface area contributed by atoms with Crippen LogP contribution in [0, 0.1) is 41.8 Å². The van der Waals surface area contributed by atoms with Gasteiger partial charge in [0.2, 0.25) is 5.82 Å². The molecule has 0 saturated heterocycles. The van der Waals surface area contributed by atoms with Crippen LogP contribution in [-0.4, -0.2) is 0 Å². The Morgan fingerprint density at radius 2 is 1.40 bits per heavy atom. The number of alkyl halides is 2. The van der Waals surface area contributed by atoms with Crippen molar-refractivity contribution in [2.24, 2.45) is 0 Å². The SMILES string of the molecule is Cc1ccc(OCc2ccc(C(F)(F)Oc3cc(F)c4c(F)c(F)c(F)cc4c3)cc2)c(F)c1F. The first-order valence-electron chi connectivity index (χ1n) is 9.98. The van der Waals surface area contributed by atoms with Gasteiger partial charge in [-0.3, -0.25) is 0 Å². The molecule has 0 aliphatic heterocycles. The summed E-state index contributed by atoms with van der Waals surface area (Å²) in [7, 11) is 0.